The van der Waals surface area contributed by atoms with Crippen LogP contribution in [-0.4, -0.2) is 32.9 Å². The van der Waals surface area contributed by atoms with E-state index in [2.05, 4.69) is 0 Å². The molecule has 2 aliphatic rings. The number of benzene rings is 2. The zero-order chi connectivity index (χ0) is 22.4. The zero-order valence-electron chi connectivity index (χ0n) is 17.3. The first-order valence-corrected chi connectivity index (χ1v) is 10.3. The Kier molecular flexibility index (Phi) is 4.74. The number of nitrogens with zero attached hydrogens (tertiary/aromatic N) is 1. The van der Waals surface area contributed by atoms with Gasteiger partial charge in [-0.1, -0.05) is 12.1 Å². The van der Waals surface area contributed by atoms with Crippen LogP contribution < -0.4 is 4.74 Å². The van der Waals surface area contributed by atoms with Crippen LogP contribution in [0.5, 0.6) is 11.5 Å². The summed E-state index contributed by atoms with van der Waals surface area (Å²) in [5.74, 6) is -0.546. The Morgan fingerprint density at radius 3 is 2.72 bits per heavy atom. The molecule has 7 nitrogen and oxygen atoms in total. The number of rotatable bonds is 4. The predicted molar refractivity (Wildman–Crippen MR) is 115 cm³/mol. The highest BCUT2D eigenvalue weighted by molar-refractivity contribution is 6.46. The van der Waals surface area contributed by atoms with Crippen molar-refractivity contribution in [1.29, 1.82) is 0 Å². The number of hydrogen-bond acceptors (Lipinski definition) is 6. The summed E-state index contributed by atoms with van der Waals surface area (Å²) in [6, 6.07) is 14.1. The highest BCUT2D eigenvalue weighted by Crippen LogP contribution is 2.42. The first kappa shape index (κ1) is 19.9. The van der Waals surface area contributed by atoms with E-state index in [0.29, 0.717) is 23.3 Å². The molecule has 0 bridgehead atoms. The van der Waals surface area contributed by atoms with Gasteiger partial charge in [0.1, 0.15) is 29.1 Å². The van der Waals surface area contributed by atoms with Crippen molar-refractivity contribution in [2.24, 2.45) is 0 Å². The maximum Gasteiger partial charge on any atom is 0.296 e. The Labute approximate surface area is 184 Å². The van der Waals surface area contributed by atoms with Gasteiger partial charge in [-0.15, -0.1) is 0 Å². The lowest BCUT2D eigenvalue weighted by molar-refractivity contribution is -0.140. The molecule has 0 radical (unpaired) electrons. The monoisotopic (exact) mass is 431 g/mol. The van der Waals surface area contributed by atoms with Crippen molar-refractivity contribution in [3.8, 4) is 11.5 Å². The minimum Gasteiger partial charge on any atom is -0.508 e. The van der Waals surface area contributed by atoms with Crippen LogP contribution in [0.2, 0.25) is 0 Å². The molecule has 0 aliphatic carbocycles. The molecule has 1 aromatic heterocycles. The number of Topliss-reactive ketones (excluding diaryl/α,β-unsaturated/α-hetero) is 1. The van der Waals surface area contributed by atoms with Crippen LogP contribution in [0.15, 0.2) is 70.9 Å². The minimum atomic E-state index is -0.879. The standard InChI is InChI=1S/C25H21NO6/c1-14-10-17-11-16(7-8-20(17)32-14)23(28)21-22(15-4-2-5-18(27)12-15)26(25(30)24(21)29)13-19-6-3-9-31-19/h2-9,11-12,14,22,27-28H,10,13H2,1H3/t14-,22-/m0/s1. The van der Waals surface area contributed by atoms with Gasteiger partial charge in [0.15, 0.2) is 0 Å². The lowest BCUT2D eigenvalue weighted by Gasteiger charge is -2.24. The third-order valence-corrected chi connectivity index (χ3v) is 5.80. The van der Waals surface area contributed by atoms with Crippen molar-refractivity contribution >= 4 is 17.4 Å². The van der Waals surface area contributed by atoms with Crippen LogP contribution in [0.25, 0.3) is 5.76 Å². The molecule has 3 heterocycles. The zero-order valence-corrected chi connectivity index (χ0v) is 17.3. The van der Waals surface area contributed by atoms with Gasteiger partial charge in [-0.25, -0.2) is 0 Å². The van der Waals surface area contributed by atoms with Crippen LogP contribution >= 0.6 is 0 Å². The van der Waals surface area contributed by atoms with E-state index in [-0.39, 0.29) is 29.7 Å². The fraction of sp³-hybridized carbons (Fsp3) is 0.200. The second-order valence-corrected chi connectivity index (χ2v) is 8.06. The second kappa shape index (κ2) is 7.60. The molecule has 0 saturated carbocycles. The summed E-state index contributed by atoms with van der Waals surface area (Å²) in [5.41, 5.74) is 1.84. The molecule has 1 fully saturated rings. The van der Waals surface area contributed by atoms with Gasteiger partial charge in [0.25, 0.3) is 11.7 Å². The van der Waals surface area contributed by atoms with Crippen molar-refractivity contribution < 1.29 is 29.0 Å². The molecule has 1 saturated heterocycles. The van der Waals surface area contributed by atoms with Crippen molar-refractivity contribution in [1.82, 2.24) is 4.90 Å². The number of hydrogen-bond donors (Lipinski definition) is 2. The van der Waals surface area contributed by atoms with Crippen LogP contribution in [0.3, 0.4) is 0 Å². The summed E-state index contributed by atoms with van der Waals surface area (Å²) in [6.07, 6.45) is 2.22. The van der Waals surface area contributed by atoms with Crippen molar-refractivity contribution in [3.05, 3.63) is 88.9 Å². The summed E-state index contributed by atoms with van der Waals surface area (Å²) in [4.78, 5) is 27.4. The highest BCUT2D eigenvalue weighted by Gasteiger charge is 2.46. The van der Waals surface area contributed by atoms with E-state index in [1.54, 1.807) is 42.5 Å². The van der Waals surface area contributed by atoms with Crippen LogP contribution in [0.1, 0.15) is 35.4 Å². The van der Waals surface area contributed by atoms with E-state index < -0.39 is 17.7 Å². The summed E-state index contributed by atoms with van der Waals surface area (Å²) < 4.78 is 11.1. The van der Waals surface area contributed by atoms with Gasteiger partial charge in [-0.05, 0) is 60.5 Å². The Hall–Kier alpha value is -4.00. The highest BCUT2D eigenvalue weighted by atomic mass is 16.5. The smallest absolute Gasteiger partial charge is 0.296 e. The molecule has 2 atom stereocenters. The molecule has 2 aromatic carbocycles. The Morgan fingerprint density at radius 1 is 1.12 bits per heavy atom. The van der Waals surface area contributed by atoms with E-state index in [4.69, 9.17) is 9.15 Å². The predicted octanol–water partition coefficient (Wildman–Crippen LogP) is 3.93. The average molecular weight is 431 g/mol. The molecular weight excluding hydrogens is 410 g/mol. The molecular formula is C25H21NO6. The van der Waals surface area contributed by atoms with E-state index >= 15 is 0 Å². The Bertz CT molecular complexity index is 1240. The minimum absolute atomic E-state index is 0.00486. The molecule has 32 heavy (non-hydrogen) atoms. The SMILES string of the molecule is C[C@H]1Cc2cc(C(O)=C3C(=O)C(=O)N(Cc4ccco4)[C@H]3c3cccc(O)c3)ccc2O1. The third kappa shape index (κ3) is 3.32. The summed E-state index contributed by atoms with van der Waals surface area (Å²) >= 11 is 0. The molecule has 0 spiro atoms. The molecule has 2 N–H and O–H groups in total. The molecule has 3 aromatic rings. The summed E-state index contributed by atoms with van der Waals surface area (Å²) in [7, 11) is 0. The number of aliphatic hydroxyl groups is 1. The Balaban J connectivity index is 1.64. The van der Waals surface area contributed by atoms with E-state index in [0.717, 1.165) is 11.3 Å². The molecule has 5 rings (SSSR count). The quantitative estimate of drug-likeness (QED) is 0.369. The number of furan rings is 1. The number of aromatic hydroxyl groups is 1. The average Bonchev–Trinajstić information content (AvgIpc) is 3.47. The summed E-state index contributed by atoms with van der Waals surface area (Å²) in [6.45, 7) is 2.01. The number of ketones is 1. The van der Waals surface area contributed by atoms with Crippen LogP contribution in [-0.2, 0) is 22.6 Å². The van der Waals surface area contributed by atoms with E-state index in [1.807, 2.05) is 6.92 Å². The maximum atomic E-state index is 13.1. The van der Waals surface area contributed by atoms with Crippen molar-refractivity contribution in [2.45, 2.75) is 32.0 Å². The Morgan fingerprint density at radius 2 is 1.97 bits per heavy atom. The number of phenolic OH excluding ortho intramolecular Hbond substituents is 1. The lowest BCUT2D eigenvalue weighted by Crippen LogP contribution is -2.29. The largest absolute Gasteiger partial charge is 0.508 e. The number of fused-ring (bicyclic) bond motifs is 1. The third-order valence-electron chi connectivity index (χ3n) is 5.80. The van der Waals surface area contributed by atoms with Gasteiger partial charge in [-0.3, -0.25) is 9.59 Å². The fourth-order valence-corrected chi connectivity index (χ4v) is 4.38. The van der Waals surface area contributed by atoms with Crippen LogP contribution in [0, 0.1) is 0 Å². The van der Waals surface area contributed by atoms with Crippen molar-refractivity contribution in [3.63, 3.8) is 0 Å². The molecule has 2 aliphatic heterocycles. The second-order valence-electron chi connectivity index (χ2n) is 8.06. The number of carbonyl (C=O) groups excluding carboxylic acids is 2. The normalized spacial score (nSPS) is 21.6. The first-order chi connectivity index (χ1) is 15.4. The molecule has 7 heteroatoms. The molecule has 162 valence electrons. The van der Waals surface area contributed by atoms with E-state index in [9.17, 15) is 19.8 Å². The number of amides is 1. The topological polar surface area (TPSA) is 100 Å². The number of aliphatic hydroxyl groups excluding tert-OH is 1. The van der Waals surface area contributed by atoms with Gasteiger partial charge in [0.2, 0.25) is 0 Å². The molecule has 0 unspecified atom stereocenters. The van der Waals surface area contributed by atoms with Gasteiger partial charge < -0.3 is 24.3 Å². The van der Waals surface area contributed by atoms with Crippen LogP contribution in [0.4, 0.5) is 0 Å². The first-order valence-electron chi connectivity index (χ1n) is 10.3. The summed E-state index contributed by atoms with van der Waals surface area (Å²) in [5, 5.41) is 21.2. The van der Waals surface area contributed by atoms with Gasteiger partial charge in [-0.2, -0.15) is 0 Å². The van der Waals surface area contributed by atoms with Gasteiger partial charge in [0, 0.05) is 12.0 Å². The van der Waals surface area contributed by atoms with E-state index in [1.165, 1.54) is 23.3 Å². The van der Waals surface area contributed by atoms with Crippen molar-refractivity contribution in [2.75, 3.05) is 0 Å². The molecule has 1 amide bonds. The van der Waals surface area contributed by atoms with Gasteiger partial charge >= 0.3 is 0 Å². The number of likely N-dealkylation sites (tertiary alicyclic amines) is 1. The number of phenols is 1. The van der Waals surface area contributed by atoms with Gasteiger partial charge in [0.05, 0.1) is 24.4 Å². The fourth-order valence-electron chi connectivity index (χ4n) is 4.38. The number of ether oxygens (including phenoxy) is 1. The number of carbonyl (C=O) groups is 2. The maximum absolute atomic E-state index is 13.1. The lowest BCUT2D eigenvalue weighted by atomic mass is 9.94.